The monoisotopic (exact) mass is 262 g/mol. The van der Waals surface area contributed by atoms with E-state index in [0.29, 0.717) is 6.54 Å². The normalized spacial score (nSPS) is 22.0. The van der Waals surface area contributed by atoms with Crippen molar-refractivity contribution in [3.8, 4) is 0 Å². The van der Waals surface area contributed by atoms with Crippen molar-refractivity contribution in [2.45, 2.75) is 12.8 Å². The van der Waals surface area contributed by atoms with Crippen LogP contribution in [0.3, 0.4) is 0 Å². The van der Waals surface area contributed by atoms with E-state index in [2.05, 4.69) is 10.6 Å². The minimum Gasteiger partial charge on any atom is -0.469 e. The smallest absolute Gasteiger partial charge is 0.310 e. The molecule has 2 atom stereocenters. The fraction of sp³-hybridized carbons (Fsp3) is 0.429. The molecule has 1 aromatic rings. The summed E-state index contributed by atoms with van der Waals surface area (Å²) in [7, 11) is 1.41. The van der Waals surface area contributed by atoms with Gasteiger partial charge in [-0.3, -0.25) is 9.59 Å². The standard InChI is InChI=1S/C14H18N2O3/c1-9(17)16-11-5-3-10(4-6-11)12-7-15-8-13(12)14(18)19-2/h3-6,12-13,15H,7-8H2,1-2H3,(H,16,17). The molecule has 1 aromatic carbocycles. The lowest BCUT2D eigenvalue weighted by Gasteiger charge is -2.17. The van der Waals surface area contributed by atoms with Crippen LogP contribution < -0.4 is 10.6 Å². The summed E-state index contributed by atoms with van der Waals surface area (Å²) in [4.78, 5) is 22.6. The number of anilines is 1. The van der Waals surface area contributed by atoms with E-state index in [4.69, 9.17) is 4.74 Å². The number of methoxy groups -OCH3 is 1. The number of esters is 1. The van der Waals surface area contributed by atoms with E-state index in [1.54, 1.807) is 0 Å². The molecule has 0 aliphatic carbocycles. The number of amides is 1. The summed E-state index contributed by atoms with van der Waals surface area (Å²) in [6.07, 6.45) is 0. The van der Waals surface area contributed by atoms with E-state index in [0.717, 1.165) is 17.8 Å². The van der Waals surface area contributed by atoms with E-state index in [-0.39, 0.29) is 23.7 Å². The number of hydrogen-bond acceptors (Lipinski definition) is 4. The van der Waals surface area contributed by atoms with Gasteiger partial charge in [-0.05, 0) is 17.7 Å². The molecule has 5 nitrogen and oxygen atoms in total. The summed E-state index contributed by atoms with van der Waals surface area (Å²) in [5, 5.41) is 5.93. The Hall–Kier alpha value is -1.88. The van der Waals surface area contributed by atoms with Crippen molar-refractivity contribution in [1.29, 1.82) is 0 Å². The van der Waals surface area contributed by atoms with Gasteiger partial charge in [0.05, 0.1) is 13.0 Å². The Kier molecular flexibility index (Phi) is 4.16. The van der Waals surface area contributed by atoms with Gasteiger partial charge in [0.2, 0.25) is 5.91 Å². The summed E-state index contributed by atoms with van der Waals surface area (Å²) < 4.78 is 4.83. The highest BCUT2D eigenvalue weighted by atomic mass is 16.5. The van der Waals surface area contributed by atoms with E-state index in [1.807, 2.05) is 24.3 Å². The number of benzene rings is 1. The van der Waals surface area contributed by atoms with E-state index in [1.165, 1.54) is 14.0 Å². The van der Waals surface area contributed by atoms with Crippen LogP contribution in [0.1, 0.15) is 18.4 Å². The van der Waals surface area contributed by atoms with Crippen LogP contribution in [0.5, 0.6) is 0 Å². The molecule has 1 saturated heterocycles. The Balaban J connectivity index is 2.12. The molecule has 0 saturated carbocycles. The number of hydrogen-bond donors (Lipinski definition) is 2. The Morgan fingerprint density at radius 1 is 1.26 bits per heavy atom. The molecule has 5 heteroatoms. The van der Waals surface area contributed by atoms with Crippen molar-refractivity contribution in [3.63, 3.8) is 0 Å². The average Bonchev–Trinajstić information content (AvgIpc) is 2.87. The summed E-state index contributed by atoms with van der Waals surface area (Å²) >= 11 is 0. The molecule has 1 amide bonds. The third-order valence-corrected chi connectivity index (χ3v) is 3.38. The van der Waals surface area contributed by atoms with Gasteiger partial charge in [-0.15, -0.1) is 0 Å². The SMILES string of the molecule is COC(=O)C1CNCC1c1ccc(NC(C)=O)cc1. The van der Waals surface area contributed by atoms with E-state index in [9.17, 15) is 9.59 Å². The first-order valence-corrected chi connectivity index (χ1v) is 6.28. The van der Waals surface area contributed by atoms with Crippen molar-refractivity contribution in [2.75, 3.05) is 25.5 Å². The maximum absolute atomic E-state index is 11.7. The predicted octanol–water partition coefficient (Wildman–Crippen LogP) is 1.12. The summed E-state index contributed by atoms with van der Waals surface area (Å²) in [6, 6.07) is 7.59. The first-order valence-electron chi connectivity index (χ1n) is 6.28. The first-order chi connectivity index (χ1) is 9.11. The highest BCUT2D eigenvalue weighted by Gasteiger charge is 2.34. The third kappa shape index (κ3) is 3.12. The molecule has 0 spiro atoms. The maximum Gasteiger partial charge on any atom is 0.310 e. The Labute approximate surface area is 112 Å². The second-order valence-corrected chi connectivity index (χ2v) is 4.70. The zero-order valence-corrected chi connectivity index (χ0v) is 11.1. The largest absolute Gasteiger partial charge is 0.469 e. The zero-order valence-electron chi connectivity index (χ0n) is 11.1. The van der Waals surface area contributed by atoms with Crippen LogP contribution >= 0.6 is 0 Å². The molecule has 0 aromatic heterocycles. The van der Waals surface area contributed by atoms with Crippen LogP contribution in [0.15, 0.2) is 24.3 Å². The minimum absolute atomic E-state index is 0.0947. The van der Waals surface area contributed by atoms with Gasteiger partial charge in [-0.1, -0.05) is 12.1 Å². The van der Waals surface area contributed by atoms with Gasteiger partial charge in [0.15, 0.2) is 0 Å². The fourth-order valence-electron chi connectivity index (χ4n) is 2.44. The molecular weight excluding hydrogens is 244 g/mol. The minimum atomic E-state index is -0.180. The number of carbonyl (C=O) groups excluding carboxylic acids is 2. The quantitative estimate of drug-likeness (QED) is 0.801. The Morgan fingerprint density at radius 3 is 2.53 bits per heavy atom. The summed E-state index contributed by atoms with van der Waals surface area (Å²) in [5.41, 5.74) is 1.84. The van der Waals surface area contributed by atoms with Gasteiger partial charge in [0.25, 0.3) is 0 Å². The van der Waals surface area contributed by atoms with Crippen LogP contribution in [0.25, 0.3) is 0 Å². The molecule has 0 bridgehead atoms. The number of nitrogens with one attached hydrogen (secondary N) is 2. The predicted molar refractivity (Wildman–Crippen MR) is 71.9 cm³/mol. The zero-order chi connectivity index (χ0) is 13.8. The Morgan fingerprint density at radius 2 is 1.95 bits per heavy atom. The van der Waals surface area contributed by atoms with Crippen molar-refractivity contribution in [2.24, 2.45) is 5.92 Å². The molecule has 1 fully saturated rings. The second kappa shape index (κ2) is 5.84. The van der Waals surface area contributed by atoms with Crippen LogP contribution in [-0.2, 0) is 14.3 Å². The van der Waals surface area contributed by atoms with Crippen molar-refractivity contribution >= 4 is 17.6 Å². The first kappa shape index (κ1) is 13.5. The molecule has 1 aliphatic heterocycles. The number of rotatable bonds is 3. The van der Waals surface area contributed by atoms with Gasteiger partial charge >= 0.3 is 5.97 Å². The molecule has 2 unspecified atom stereocenters. The van der Waals surface area contributed by atoms with E-state index < -0.39 is 0 Å². The van der Waals surface area contributed by atoms with Gasteiger partial charge in [-0.2, -0.15) is 0 Å². The van der Waals surface area contributed by atoms with Gasteiger partial charge in [-0.25, -0.2) is 0 Å². The molecule has 19 heavy (non-hydrogen) atoms. The second-order valence-electron chi connectivity index (χ2n) is 4.70. The van der Waals surface area contributed by atoms with Crippen LogP contribution in [0, 0.1) is 5.92 Å². The third-order valence-electron chi connectivity index (χ3n) is 3.38. The summed E-state index contributed by atoms with van der Waals surface area (Å²) in [5.74, 6) is -0.292. The van der Waals surface area contributed by atoms with Crippen molar-refractivity contribution in [3.05, 3.63) is 29.8 Å². The van der Waals surface area contributed by atoms with Crippen LogP contribution in [-0.4, -0.2) is 32.1 Å². The molecule has 2 rings (SSSR count). The lowest BCUT2D eigenvalue weighted by Crippen LogP contribution is -2.22. The van der Waals surface area contributed by atoms with Crippen LogP contribution in [0.4, 0.5) is 5.69 Å². The summed E-state index contributed by atoms with van der Waals surface area (Å²) in [6.45, 7) is 2.88. The van der Waals surface area contributed by atoms with Gasteiger partial charge < -0.3 is 15.4 Å². The fourth-order valence-corrected chi connectivity index (χ4v) is 2.44. The van der Waals surface area contributed by atoms with Crippen molar-refractivity contribution in [1.82, 2.24) is 5.32 Å². The highest BCUT2D eigenvalue weighted by molar-refractivity contribution is 5.88. The maximum atomic E-state index is 11.7. The Bertz CT molecular complexity index is 470. The molecular formula is C14H18N2O3. The molecule has 2 N–H and O–H groups in total. The van der Waals surface area contributed by atoms with Gasteiger partial charge in [0, 0.05) is 31.6 Å². The number of carbonyl (C=O) groups is 2. The molecule has 1 heterocycles. The average molecular weight is 262 g/mol. The topological polar surface area (TPSA) is 67.4 Å². The lowest BCUT2D eigenvalue weighted by atomic mass is 9.89. The van der Waals surface area contributed by atoms with Crippen LogP contribution in [0.2, 0.25) is 0 Å². The van der Waals surface area contributed by atoms with Gasteiger partial charge in [0.1, 0.15) is 0 Å². The molecule has 102 valence electrons. The van der Waals surface area contributed by atoms with E-state index >= 15 is 0 Å². The highest BCUT2D eigenvalue weighted by Crippen LogP contribution is 2.29. The molecule has 1 aliphatic rings. The lowest BCUT2D eigenvalue weighted by molar-refractivity contribution is -0.145. The van der Waals surface area contributed by atoms with Crippen molar-refractivity contribution < 1.29 is 14.3 Å². The number of ether oxygens (including phenoxy) is 1. The molecule has 0 radical (unpaired) electrons.